The highest BCUT2D eigenvalue weighted by atomic mass is 16.5. The molecular weight excluding hydrogens is 508 g/mol. The van der Waals surface area contributed by atoms with Crippen molar-refractivity contribution in [3.05, 3.63) is 0 Å². The Bertz CT molecular complexity index is 585. The van der Waals surface area contributed by atoms with Crippen LogP contribution in [0.4, 0.5) is 0 Å². The molecule has 4 nitrogen and oxygen atoms in total. The molecule has 244 valence electrons. The molecule has 0 aromatic carbocycles. The summed E-state index contributed by atoms with van der Waals surface area (Å²) in [5, 5.41) is 0. The van der Waals surface area contributed by atoms with E-state index in [9.17, 15) is 9.59 Å². The monoisotopic (exact) mass is 581 g/mol. The predicted molar refractivity (Wildman–Crippen MR) is 176 cm³/mol. The van der Waals surface area contributed by atoms with Gasteiger partial charge in [-0.1, -0.05) is 138 Å². The van der Waals surface area contributed by atoms with Crippen molar-refractivity contribution in [2.45, 2.75) is 189 Å². The summed E-state index contributed by atoms with van der Waals surface area (Å²) in [4.78, 5) is 24.5. The Morgan fingerprint density at radius 1 is 0.488 bits per heavy atom. The summed E-state index contributed by atoms with van der Waals surface area (Å²) in [6.45, 7) is 14.5. The Hall–Kier alpha value is -1.06. The summed E-state index contributed by atoms with van der Waals surface area (Å²) in [5.41, 5.74) is 0. The van der Waals surface area contributed by atoms with Gasteiger partial charge < -0.3 is 9.47 Å². The van der Waals surface area contributed by atoms with Gasteiger partial charge >= 0.3 is 11.9 Å². The van der Waals surface area contributed by atoms with Gasteiger partial charge in [0.1, 0.15) is 0 Å². The topological polar surface area (TPSA) is 52.6 Å². The minimum absolute atomic E-state index is 0.00663. The van der Waals surface area contributed by atoms with E-state index in [-0.39, 0.29) is 17.9 Å². The van der Waals surface area contributed by atoms with Crippen molar-refractivity contribution >= 4 is 11.9 Å². The first-order chi connectivity index (χ1) is 19.8. The Labute approximate surface area is 256 Å². The highest BCUT2D eigenvalue weighted by molar-refractivity contribution is 5.72. The van der Waals surface area contributed by atoms with Crippen LogP contribution in [-0.4, -0.2) is 25.2 Å². The molecule has 0 N–H and O–H groups in total. The second-order valence-electron chi connectivity index (χ2n) is 13.5. The number of carbonyl (C=O) groups excluding carboxylic acids is 2. The summed E-state index contributed by atoms with van der Waals surface area (Å²) in [5.74, 6) is 2.06. The van der Waals surface area contributed by atoms with Gasteiger partial charge in [0, 0.05) is 6.42 Å². The molecule has 0 rings (SSSR count). The summed E-state index contributed by atoms with van der Waals surface area (Å²) < 4.78 is 11.0. The van der Waals surface area contributed by atoms with E-state index in [0.717, 1.165) is 69.6 Å². The molecule has 41 heavy (non-hydrogen) atoms. The number of unbranched alkanes of at least 4 members (excludes halogenated alkanes) is 14. The molecule has 0 aromatic heterocycles. The van der Waals surface area contributed by atoms with Crippen molar-refractivity contribution in [2.75, 3.05) is 13.2 Å². The van der Waals surface area contributed by atoms with Crippen LogP contribution in [0.5, 0.6) is 0 Å². The Balaban J connectivity index is 3.59. The molecule has 4 heteroatoms. The molecule has 0 aliphatic rings. The quantitative estimate of drug-likeness (QED) is 0.0626. The maximum absolute atomic E-state index is 12.7. The lowest BCUT2D eigenvalue weighted by molar-refractivity contribution is -0.151. The third-order valence-corrected chi connectivity index (χ3v) is 8.65. The molecule has 0 heterocycles. The summed E-state index contributed by atoms with van der Waals surface area (Å²) in [6, 6.07) is 0. The summed E-state index contributed by atoms with van der Waals surface area (Å²) in [7, 11) is 0. The van der Waals surface area contributed by atoms with E-state index in [2.05, 4.69) is 41.5 Å². The van der Waals surface area contributed by atoms with Crippen LogP contribution in [0.1, 0.15) is 189 Å². The standard InChI is InChI=1S/C37H72O4/c1-7-34(35(8-2)37(39)41-31-25-23-27-33(5)6)28-20-18-16-14-12-10-9-11-13-15-17-19-21-29-36(38)40-30-24-22-26-32(3)4/h32-35H,7-31H2,1-6H3. The summed E-state index contributed by atoms with van der Waals surface area (Å²) >= 11 is 0. The fourth-order valence-electron chi connectivity index (χ4n) is 5.85. The SMILES string of the molecule is CCC(CCCCCCCCCCCCCCCC(=O)OCCCCC(C)C)C(CC)C(=O)OCCCCC(C)C. The van der Waals surface area contributed by atoms with Gasteiger partial charge in [-0.3, -0.25) is 9.59 Å². The normalized spacial score (nSPS) is 13.1. The van der Waals surface area contributed by atoms with Crippen LogP contribution >= 0.6 is 0 Å². The first-order valence-electron chi connectivity index (χ1n) is 18.1. The smallest absolute Gasteiger partial charge is 0.309 e. The molecule has 0 bridgehead atoms. The van der Waals surface area contributed by atoms with E-state index >= 15 is 0 Å². The zero-order valence-corrected chi connectivity index (χ0v) is 28.6. The maximum Gasteiger partial charge on any atom is 0.309 e. The number of hydrogen-bond donors (Lipinski definition) is 0. The Morgan fingerprint density at radius 2 is 0.902 bits per heavy atom. The largest absolute Gasteiger partial charge is 0.466 e. The van der Waals surface area contributed by atoms with Crippen LogP contribution in [0.3, 0.4) is 0 Å². The van der Waals surface area contributed by atoms with Crippen LogP contribution in [-0.2, 0) is 19.1 Å². The van der Waals surface area contributed by atoms with Crippen molar-refractivity contribution in [1.82, 2.24) is 0 Å². The number of rotatable bonds is 30. The second-order valence-corrected chi connectivity index (χ2v) is 13.5. The van der Waals surface area contributed by atoms with Gasteiger partial charge in [0.05, 0.1) is 19.1 Å². The van der Waals surface area contributed by atoms with E-state index in [1.165, 1.54) is 83.5 Å². The minimum Gasteiger partial charge on any atom is -0.466 e. The molecule has 0 spiro atoms. The third kappa shape index (κ3) is 26.3. The second kappa shape index (κ2) is 29.0. The molecule has 0 aliphatic carbocycles. The molecule has 0 aromatic rings. The fourth-order valence-corrected chi connectivity index (χ4v) is 5.85. The molecular formula is C37H72O4. The van der Waals surface area contributed by atoms with Gasteiger partial charge in [-0.25, -0.2) is 0 Å². The van der Waals surface area contributed by atoms with Crippen molar-refractivity contribution in [1.29, 1.82) is 0 Å². The highest BCUT2D eigenvalue weighted by Gasteiger charge is 2.26. The van der Waals surface area contributed by atoms with Crippen LogP contribution in [0.2, 0.25) is 0 Å². The van der Waals surface area contributed by atoms with E-state index in [0.29, 0.717) is 25.6 Å². The lowest BCUT2D eigenvalue weighted by Crippen LogP contribution is -2.25. The number of esters is 2. The fraction of sp³-hybridized carbons (Fsp3) is 0.946. The molecule has 0 radical (unpaired) electrons. The molecule has 0 saturated heterocycles. The molecule has 2 unspecified atom stereocenters. The number of carbonyl (C=O) groups is 2. The minimum atomic E-state index is -0.00663. The molecule has 2 atom stereocenters. The average Bonchev–Trinajstić information content (AvgIpc) is 2.93. The van der Waals surface area contributed by atoms with E-state index in [4.69, 9.17) is 9.47 Å². The van der Waals surface area contributed by atoms with E-state index < -0.39 is 0 Å². The summed E-state index contributed by atoms with van der Waals surface area (Å²) in [6.07, 6.45) is 27.1. The van der Waals surface area contributed by atoms with Crippen molar-refractivity contribution < 1.29 is 19.1 Å². The predicted octanol–water partition coefficient (Wildman–Crippen LogP) is 11.6. The average molecular weight is 581 g/mol. The van der Waals surface area contributed by atoms with Gasteiger partial charge in [-0.2, -0.15) is 0 Å². The molecule has 0 fully saturated rings. The van der Waals surface area contributed by atoms with Crippen molar-refractivity contribution in [3.8, 4) is 0 Å². The van der Waals surface area contributed by atoms with Gasteiger partial charge in [0.2, 0.25) is 0 Å². The first kappa shape index (κ1) is 39.9. The Morgan fingerprint density at radius 3 is 1.34 bits per heavy atom. The zero-order chi connectivity index (χ0) is 30.6. The van der Waals surface area contributed by atoms with Crippen LogP contribution < -0.4 is 0 Å². The van der Waals surface area contributed by atoms with Crippen LogP contribution in [0, 0.1) is 23.7 Å². The highest BCUT2D eigenvalue weighted by Crippen LogP contribution is 2.27. The molecule has 0 saturated carbocycles. The zero-order valence-electron chi connectivity index (χ0n) is 28.6. The lowest BCUT2D eigenvalue weighted by atomic mass is 9.84. The van der Waals surface area contributed by atoms with Gasteiger partial charge in [-0.05, 0) is 62.7 Å². The van der Waals surface area contributed by atoms with Gasteiger partial charge in [0.25, 0.3) is 0 Å². The van der Waals surface area contributed by atoms with Crippen molar-refractivity contribution in [2.24, 2.45) is 23.7 Å². The molecule has 0 amide bonds. The lowest BCUT2D eigenvalue weighted by Gasteiger charge is -2.24. The molecule has 0 aliphatic heterocycles. The maximum atomic E-state index is 12.7. The van der Waals surface area contributed by atoms with Crippen molar-refractivity contribution in [3.63, 3.8) is 0 Å². The number of ether oxygens (including phenoxy) is 2. The van der Waals surface area contributed by atoms with Crippen LogP contribution in [0.15, 0.2) is 0 Å². The van der Waals surface area contributed by atoms with Gasteiger partial charge in [0.15, 0.2) is 0 Å². The Kier molecular flexibility index (Phi) is 28.3. The van der Waals surface area contributed by atoms with E-state index in [1.807, 2.05) is 0 Å². The third-order valence-electron chi connectivity index (χ3n) is 8.65. The number of hydrogen-bond acceptors (Lipinski definition) is 4. The van der Waals surface area contributed by atoms with Crippen LogP contribution in [0.25, 0.3) is 0 Å². The van der Waals surface area contributed by atoms with E-state index in [1.54, 1.807) is 0 Å². The first-order valence-corrected chi connectivity index (χ1v) is 18.1. The van der Waals surface area contributed by atoms with Gasteiger partial charge in [-0.15, -0.1) is 0 Å².